The second-order valence-corrected chi connectivity index (χ2v) is 8.67. The summed E-state index contributed by atoms with van der Waals surface area (Å²) in [6.07, 6.45) is 2.25. The van der Waals surface area contributed by atoms with Crippen LogP contribution in [0.1, 0.15) is 37.4 Å². The van der Waals surface area contributed by atoms with Crippen molar-refractivity contribution in [1.82, 2.24) is 26.1 Å². The highest BCUT2D eigenvalue weighted by molar-refractivity contribution is 5.85. The first-order chi connectivity index (χ1) is 15.5. The molecule has 3 heterocycles. The lowest BCUT2D eigenvalue weighted by atomic mass is 9.90. The third-order valence-electron chi connectivity index (χ3n) is 6.21. The van der Waals surface area contributed by atoms with E-state index in [-0.39, 0.29) is 12.1 Å². The van der Waals surface area contributed by atoms with Crippen LogP contribution in [0.15, 0.2) is 36.4 Å². The highest BCUT2D eigenvalue weighted by Crippen LogP contribution is 2.29. The number of amides is 1. The number of carbonyl (C=O) groups is 1. The zero-order valence-corrected chi connectivity index (χ0v) is 19.0. The lowest BCUT2D eigenvalue weighted by Gasteiger charge is -2.39. The van der Waals surface area contributed by atoms with Gasteiger partial charge in [0, 0.05) is 57.4 Å². The number of anilines is 2. The molecular formula is C23H33N7O2. The fourth-order valence-corrected chi connectivity index (χ4v) is 4.29. The molecule has 172 valence electrons. The molecule has 1 amide bonds. The van der Waals surface area contributed by atoms with Crippen molar-refractivity contribution in [2.24, 2.45) is 0 Å². The Morgan fingerprint density at radius 2 is 1.97 bits per heavy atom. The van der Waals surface area contributed by atoms with Crippen molar-refractivity contribution >= 4 is 17.7 Å². The van der Waals surface area contributed by atoms with Gasteiger partial charge in [-0.2, -0.15) is 4.98 Å². The number of nitrogens with zero attached hydrogens (tertiary/aromatic N) is 3. The van der Waals surface area contributed by atoms with Gasteiger partial charge >= 0.3 is 0 Å². The number of methoxy groups -OCH3 is 1. The minimum absolute atomic E-state index is 0.0649. The smallest absolute Gasteiger partial charge is 0.252 e. The average molecular weight is 440 g/mol. The maximum absolute atomic E-state index is 13.0. The SMILES string of the molecule is COC1(C(=O)NCc2ccccc2)CCN(c2nc(C)cc(NC3CC(C)NN3)n2)CC1. The molecule has 0 aliphatic carbocycles. The number of hydrogen-bond acceptors (Lipinski definition) is 8. The standard InChI is InChI=1S/C23H33N7O2/c1-16-13-19(26-20-14-17(2)28-29-20)27-22(25-16)30-11-9-23(32-3,10-12-30)21(31)24-15-18-7-5-4-6-8-18/h4-8,13,17,20,28-29H,9-12,14-15H2,1-3H3,(H,24,31)(H,25,26,27). The van der Waals surface area contributed by atoms with E-state index in [1.807, 2.05) is 43.3 Å². The fourth-order valence-electron chi connectivity index (χ4n) is 4.29. The molecular weight excluding hydrogens is 406 g/mol. The summed E-state index contributed by atoms with van der Waals surface area (Å²) in [4.78, 5) is 24.5. The molecule has 2 aromatic rings. The molecule has 2 atom stereocenters. The third-order valence-corrected chi connectivity index (χ3v) is 6.21. The normalized spacial score (nSPS) is 22.5. The molecule has 1 aromatic carbocycles. The fraction of sp³-hybridized carbons (Fsp3) is 0.522. The van der Waals surface area contributed by atoms with Gasteiger partial charge in [0.1, 0.15) is 11.4 Å². The molecule has 0 bridgehead atoms. The van der Waals surface area contributed by atoms with E-state index in [1.54, 1.807) is 7.11 Å². The van der Waals surface area contributed by atoms with Gasteiger partial charge in [0.15, 0.2) is 0 Å². The maximum atomic E-state index is 13.0. The van der Waals surface area contributed by atoms with Crippen LogP contribution in [0.2, 0.25) is 0 Å². The molecule has 1 aromatic heterocycles. The van der Waals surface area contributed by atoms with Gasteiger partial charge in [-0.3, -0.25) is 10.2 Å². The Morgan fingerprint density at radius 1 is 1.22 bits per heavy atom. The van der Waals surface area contributed by atoms with Gasteiger partial charge in [0.05, 0.1) is 6.17 Å². The number of carbonyl (C=O) groups excluding carboxylic acids is 1. The third kappa shape index (κ3) is 5.17. The topological polar surface area (TPSA) is 103 Å². The lowest BCUT2D eigenvalue weighted by Crippen LogP contribution is -2.55. The number of nitrogens with one attached hydrogen (secondary N) is 4. The van der Waals surface area contributed by atoms with E-state index in [2.05, 4.69) is 38.3 Å². The van der Waals surface area contributed by atoms with Crippen LogP contribution in [0.25, 0.3) is 0 Å². The van der Waals surface area contributed by atoms with Crippen molar-refractivity contribution in [3.05, 3.63) is 47.7 Å². The van der Waals surface area contributed by atoms with Crippen LogP contribution >= 0.6 is 0 Å². The van der Waals surface area contributed by atoms with Crippen LogP contribution < -0.4 is 26.4 Å². The number of aryl methyl sites for hydroxylation is 1. The molecule has 32 heavy (non-hydrogen) atoms. The number of rotatable bonds is 7. The Hall–Kier alpha value is -2.75. The Balaban J connectivity index is 1.38. The average Bonchev–Trinajstić information content (AvgIpc) is 3.22. The Kier molecular flexibility index (Phi) is 6.88. The summed E-state index contributed by atoms with van der Waals surface area (Å²) in [5.74, 6) is 1.41. The maximum Gasteiger partial charge on any atom is 0.252 e. The molecule has 4 rings (SSSR count). The molecule has 2 unspecified atom stereocenters. The molecule has 9 nitrogen and oxygen atoms in total. The van der Waals surface area contributed by atoms with Crippen molar-refractivity contribution in [1.29, 1.82) is 0 Å². The zero-order chi connectivity index (χ0) is 22.6. The van der Waals surface area contributed by atoms with Crippen LogP contribution in [-0.2, 0) is 16.1 Å². The van der Waals surface area contributed by atoms with Crippen molar-refractivity contribution < 1.29 is 9.53 Å². The van der Waals surface area contributed by atoms with Crippen LogP contribution in [0.4, 0.5) is 11.8 Å². The van der Waals surface area contributed by atoms with E-state index in [9.17, 15) is 4.79 Å². The number of hydrogen-bond donors (Lipinski definition) is 4. The molecule has 9 heteroatoms. The van der Waals surface area contributed by atoms with E-state index in [0.29, 0.717) is 44.5 Å². The molecule has 4 N–H and O–H groups in total. The quantitative estimate of drug-likeness (QED) is 0.517. The van der Waals surface area contributed by atoms with E-state index in [0.717, 1.165) is 23.5 Å². The Morgan fingerprint density at radius 3 is 2.62 bits per heavy atom. The van der Waals surface area contributed by atoms with Gasteiger partial charge in [0.2, 0.25) is 5.95 Å². The van der Waals surface area contributed by atoms with Gasteiger partial charge in [-0.25, -0.2) is 10.4 Å². The number of ether oxygens (including phenoxy) is 1. The minimum Gasteiger partial charge on any atom is -0.368 e. The monoisotopic (exact) mass is 439 g/mol. The highest BCUT2D eigenvalue weighted by atomic mass is 16.5. The predicted molar refractivity (Wildman–Crippen MR) is 124 cm³/mol. The summed E-state index contributed by atoms with van der Waals surface area (Å²) in [5, 5.41) is 6.47. The van der Waals surface area contributed by atoms with E-state index >= 15 is 0 Å². The second-order valence-electron chi connectivity index (χ2n) is 8.67. The number of benzene rings is 1. The van der Waals surface area contributed by atoms with Crippen LogP contribution in [-0.4, -0.2) is 53.9 Å². The van der Waals surface area contributed by atoms with Crippen molar-refractivity contribution in [2.75, 3.05) is 30.4 Å². The lowest BCUT2D eigenvalue weighted by molar-refractivity contribution is -0.146. The van der Waals surface area contributed by atoms with Gasteiger partial charge in [-0.15, -0.1) is 0 Å². The van der Waals surface area contributed by atoms with Crippen LogP contribution in [0.3, 0.4) is 0 Å². The van der Waals surface area contributed by atoms with E-state index in [4.69, 9.17) is 9.72 Å². The van der Waals surface area contributed by atoms with Gasteiger partial charge in [-0.1, -0.05) is 30.3 Å². The van der Waals surface area contributed by atoms with Gasteiger partial charge in [-0.05, 0) is 25.8 Å². The number of piperidine rings is 1. The summed E-state index contributed by atoms with van der Waals surface area (Å²) in [6.45, 7) is 5.90. The predicted octanol–water partition coefficient (Wildman–Crippen LogP) is 1.71. The Labute approximate surface area is 189 Å². The van der Waals surface area contributed by atoms with Crippen LogP contribution in [0.5, 0.6) is 0 Å². The summed E-state index contributed by atoms with van der Waals surface area (Å²) < 4.78 is 5.75. The van der Waals surface area contributed by atoms with Crippen molar-refractivity contribution in [3.63, 3.8) is 0 Å². The molecule has 2 saturated heterocycles. The largest absolute Gasteiger partial charge is 0.368 e. The van der Waals surface area contributed by atoms with Gasteiger partial charge < -0.3 is 20.3 Å². The number of hydrazine groups is 1. The molecule has 2 aliphatic heterocycles. The first-order valence-corrected chi connectivity index (χ1v) is 11.2. The number of aromatic nitrogens is 2. The first-order valence-electron chi connectivity index (χ1n) is 11.2. The van der Waals surface area contributed by atoms with E-state index < -0.39 is 5.60 Å². The summed E-state index contributed by atoms with van der Waals surface area (Å²) in [5.41, 5.74) is 7.59. The van der Waals surface area contributed by atoms with Crippen molar-refractivity contribution in [3.8, 4) is 0 Å². The van der Waals surface area contributed by atoms with Crippen LogP contribution in [0, 0.1) is 6.92 Å². The highest BCUT2D eigenvalue weighted by Gasteiger charge is 2.42. The summed E-state index contributed by atoms with van der Waals surface area (Å²) >= 11 is 0. The second kappa shape index (κ2) is 9.81. The minimum atomic E-state index is -0.828. The molecule has 0 saturated carbocycles. The van der Waals surface area contributed by atoms with Gasteiger partial charge in [0.25, 0.3) is 5.91 Å². The van der Waals surface area contributed by atoms with E-state index in [1.165, 1.54) is 0 Å². The summed E-state index contributed by atoms with van der Waals surface area (Å²) in [6, 6.07) is 12.3. The molecule has 0 radical (unpaired) electrons. The summed E-state index contributed by atoms with van der Waals surface area (Å²) in [7, 11) is 1.62. The van der Waals surface area contributed by atoms with Crippen molar-refractivity contribution in [2.45, 2.75) is 57.5 Å². The zero-order valence-electron chi connectivity index (χ0n) is 19.0. The molecule has 0 spiro atoms. The molecule has 2 aliphatic rings. The molecule has 2 fully saturated rings. The Bertz CT molecular complexity index is 916. The first kappa shape index (κ1) is 22.4.